The van der Waals surface area contributed by atoms with Crippen LogP contribution in [0, 0.1) is 6.92 Å². The van der Waals surface area contributed by atoms with E-state index in [1.165, 1.54) is 25.2 Å². The zero-order valence-electron chi connectivity index (χ0n) is 20.5. The summed E-state index contributed by atoms with van der Waals surface area (Å²) < 4.78 is 37.0. The number of carbonyl (C=O) groups is 2. The summed E-state index contributed by atoms with van der Waals surface area (Å²) in [6.45, 7) is 5.39. The monoisotopic (exact) mass is 491 g/mol. The predicted molar refractivity (Wildman–Crippen MR) is 132 cm³/mol. The molecule has 0 saturated carbocycles. The summed E-state index contributed by atoms with van der Waals surface area (Å²) in [7, 11) is -0.982. The standard InChI is InChI=1S/C24H33N3O6S/c1-7-25-24(29)18(3)26(15-19-11-9-8-10-17(19)2)23(28)16-27(34(6,30)31)21-13-12-20(32-4)14-22(21)33-5/h8-14,18H,7,15-16H2,1-6H3,(H,25,29). The zero-order valence-corrected chi connectivity index (χ0v) is 21.3. The molecule has 0 aliphatic carbocycles. The van der Waals surface area contributed by atoms with Crippen LogP contribution < -0.4 is 19.1 Å². The Labute approximate surface area is 201 Å². The van der Waals surface area contributed by atoms with E-state index in [1.54, 1.807) is 26.0 Å². The van der Waals surface area contributed by atoms with Gasteiger partial charge < -0.3 is 19.7 Å². The lowest BCUT2D eigenvalue weighted by Gasteiger charge is -2.32. The third kappa shape index (κ3) is 6.63. The largest absolute Gasteiger partial charge is 0.497 e. The molecule has 2 aromatic carbocycles. The van der Waals surface area contributed by atoms with Crippen molar-refractivity contribution >= 4 is 27.5 Å². The number of hydrogen-bond donors (Lipinski definition) is 1. The number of nitrogens with zero attached hydrogens (tertiary/aromatic N) is 2. The molecule has 2 aromatic rings. The van der Waals surface area contributed by atoms with Crippen molar-refractivity contribution in [3.05, 3.63) is 53.6 Å². The maximum atomic E-state index is 13.5. The lowest BCUT2D eigenvalue weighted by Crippen LogP contribution is -2.51. The molecule has 1 unspecified atom stereocenters. The fraction of sp³-hybridized carbons (Fsp3) is 0.417. The summed E-state index contributed by atoms with van der Waals surface area (Å²) in [6.07, 6.45) is 1.02. The molecule has 1 atom stereocenters. The molecule has 0 bridgehead atoms. The van der Waals surface area contributed by atoms with Crippen LogP contribution in [0.4, 0.5) is 5.69 Å². The minimum atomic E-state index is -3.87. The van der Waals surface area contributed by atoms with E-state index in [9.17, 15) is 18.0 Å². The Bertz CT molecular complexity index is 1120. The minimum Gasteiger partial charge on any atom is -0.497 e. The number of benzene rings is 2. The first-order valence-corrected chi connectivity index (χ1v) is 12.7. The molecule has 186 valence electrons. The molecule has 34 heavy (non-hydrogen) atoms. The van der Waals surface area contributed by atoms with Gasteiger partial charge in [0.25, 0.3) is 0 Å². The van der Waals surface area contributed by atoms with Crippen LogP contribution in [-0.4, -0.2) is 64.7 Å². The molecular weight excluding hydrogens is 458 g/mol. The van der Waals surface area contributed by atoms with Crippen molar-refractivity contribution in [2.45, 2.75) is 33.4 Å². The van der Waals surface area contributed by atoms with Crippen LogP contribution in [0.25, 0.3) is 0 Å². The average molecular weight is 492 g/mol. The number of ether oxygens (including phenoxy) is 2. The van der Waals surface area contributed by atoms with Gasteiger partial charge in [-0.25, -0.2) is 8.42 Å². The van der Waals surface area contributed by atoms with Crippen LogP contribution in [0.1, 0.15) is 25.0 Å². The summed E-state index contributed by atoms with van der Waals surface area (Å²) in [5.74, 6) is -0.131. The Hall–Kier alpha value is -3.27. The Morgan fingerprint density at radius 2 is 1.76 bits per heavy atom. The third-order valence-electron chi connectivity index (χ3n) is 5.46. The fourth-order valence-electron chi connectivity index (χ4n) is 3.46. The molecule has 1 N–H and O–H groups in total. The molecule has 0 spiro atoms. The van der Waals surface area contributed by atoms with Crippen molar-refractivity contribution in [3.63, 3.8) is 0 Å². The lowest BCUT2D eigenvalue weighted by molar-refractivity contribution is -0.139. The third-order valence-corrected chi connectivity index (χ3v) is 6.58. The van der Waals surface area contributed by atoms with Crippen LogP contribution in [0.3, 0.4) is 0 Å². The van der Waals surface area contributed by atoms with Gasteiger partial charge in [-0.15, -0.1) is 0 Å². The van der Waals surface area contributed by atoms with Crippen molar-refractivity contribution in [2.24, 2.45) is 0 Å². The van der Waals surface area contributed by atoms with Gasteiger partial charge in [-0.1, -0.05) is 24.3 Å². The minimum absolute atomic E-state index is 0.154. The number of likely N-dealkylation sites (N-methyl/N-ethyl adjacent to an activating group) is 1. The van der Waals surface area contributed by atoms with Gasteiger partial charge in [0.2, 0.25) is 21.8 Å². The van der Waals surface area contributed by atoms with Crippen LogP contribution in [0.2, 0.25) is 0 Å². The quantitative estimate of drug-likeness (QED) is 0.517. The van der Waals surface area contributed by atoms with Gasteiger partial charge in [0.05, 0.1) is 26.2 Å². The molecule has 0 radical (unpaired) electrons. The molecule has 2 rings (SSSR count). The van der Waals surface area contributed by atoms with Crippen molar-refractivity contribution in [1.29, 1.82) is 0 Å². The Morgan fingerprint density at radius 3 is 2.32 bits per heavy atom. The van der Waals surface area contributed by atoms with Crippen molar-refractivity contribution in [2.75, 3.05) is 37.9 Å². The van der Waals surface area contributed by atoms with Crippen LogP contribution in [0.15, 0.2) is 42.5 Å². The summed E-state index contributed by atoms with van der Waals surface area (Å²) in [6, 6.07) is 11.4. The first-order chi connectivity index (χ1) is 16.0. The number of amides is 2. The molecule has 0 aliphatic rings. The average Bonchev–Trinajstić information content (AvgIpc) is 2.80. The lowest BCUT2D eigenvalue weighted by atomic mass is 10.1. The number of aryl methyl sites for hydroxylation is 1. The molecule has 10 heteroatoms. The molecule has 0 fully saturated rings. The summed E-state index contributed by atoms with van der Waals surface area (Å²) in [5.41, 5.74) is 2.01. The Balaban J connectivity index is 2.47. The molecular formula is C24H33N3O6S. The van der Waals surface area contributed by atoms with Gasteiger partial charge in [0, 0.05) is 19.2 Å². The highest BCUT2D eigenvalue weighted by atomic mass is 32.2. The number of carbonyl (C=O) groups excluding carboxylic acids is 2. The second-order valence-electron chi connectivity index (χ2n) is 7.83. The van der Waals surface area contributed by atoms with Crippen molar-refractivity contribution < 1.29 is 27.5 Å². The SMILES string of the molecule is CCNC(=O)C(C)N(Cc1ccccc1C)C(=O)CN(c1ccc(OC)cc1OC)S(C)(=O)=O. The van der Waals surface area contributed by atoms with Gasteiger partial charge in [-0.3, -0.25) is 13.9 Å². The summed E-state index contributed by atoms with van der Waals surface area (Å²) in [5, 5.41) is 2.73. The van der Waals surface area contributed by atoms with Gasteiger partial charge in [0.15, 0.2) is 0 Å². The first-order valence-electron chi connectivity index (χ1n) is 10.8. The van der Waals surface area contributed by atoms with Crippen LogP contribution in [0.5, 0.6) is 11.5 Å². The molecule has 9 nitrogen and oxygen atoms in total. The van der Waals surface area contributed by atoms with Crippen LogP contribution in [-0.2, 0) is 26.2 Å². The maximum Gasteiger partial charge on any atom is 0.244 e. The van der Waals surface area contributed by atoms with E-state index in [0.29, 0.717) is 12.3 Å². The Kier molecular flexibility index (Phi) is 9.31. The first kappa shape index (κ1) is 27.0. The van der Waals surface area contributed by atoms with E-state index in [0.717, 1.165) is 21.7 Å². The van der Waals surface area contributed by atoms with E-state index in [-0.39, 0.29) is 23.9 Å². The maximum absolute atomic E-state index is 13.5. The number of hydrogen-bond acceptors (Lipinski definition) is 6. The van der Waals surface area contributed by atoms with E-state index in [1.807, 2.05) is 31.2 Å². The van der Waals surface area contributed by atoms with Gasteiger partial charge in [-0.2, -0.15) is 0 Å². The van der Waals surface area contributed by atoms with Crippen LogP contribution >= 0.6 is 0 Å². The van der Waals surface area contributed by atoms with Gasteiger partial charge >= 0.3 is 0 Å². The number of methoxy groups -OCH3 is 2. The molecule has 0 heterocycles. The van der Waals surface area contributed by atoms with Crippen molar-refractivity contribution in [1.82, 2.24) is 10.2 Å². The molecule has 0 saturated heterocycles. The highest BCUT2D eigenvalue weighted by Crippen LogP contribution is 2.33. The van der Waals surface area contributed by atoms with Crippen molar-refractivity contribution in [3.8, 4) is 11.5 Å². The second-order valence-corrected chi connectivity index (χ2v) is 9.73. The summed E-state index contributed by atoms with van der Waals surface area (Å²) in [4.78, 5) is 27.5. The van der Waals surface area contributed by atoms with E-state index < -0.39 is 28.5 Å². The highest BCUT2D eigenvalue weighted by molar-refractivity contribution is 7.92. The second kappa shape index (κ2) is 11.7. The molecule has 0 aromatic heterocycles. The number of anilines is 1. The van der Waals surface area contributed by atoms with E-state index >= 15 is 0 Å². The van der Waals surface area contributed by atoms with E-state index in [4.69, 9.17) is 9.47 Å². The fourth-order valence-corrected chi connectivity index (χ4v) is 4.31. The topological polar surface area (TPSA) is 105 Å². The predicted octanol–water partition coefficient (Wildman–Crippen LogP) is 2.33. The number of nitrogens with one attached hydrogen (secondary N) is 1. The van der Waals surface area contributed by atoms with Gasteiger partial charge in [0.1, 0.15) is 24.1 Å². The van der Waals surface area contributed by atoms with E-state index in [2.05, 4.69) is 5.32 Å². The summed E-state index contributed by atoms with van der Waals surface area (Å²) >= 11 is 0. The smallest absolute Gasteiger partial charge is 0.244 e. The number of sulfonamides is 1. The Morgan fingerprint density at radius 1 is 1.09 bits per heavy atom. The zero-order chi connectivity index (χ0) is 25.5. The molecule has 0 aliphatic heterocycles. The normalized spacial score (nSPS) is 11.9. The highest BCUT2D eigenvalue weighted by Gasteiger charge is 2.31. The number of rotatable bonds is 11. The molecule has 2 amide bonds. The van der Waals surface area contributed by atoms with Gasteiger partial charge in [-0.05, 0) is 44.0 Å².